The fourth-order valence-corrected chi connectivity index (χ4v) is 4.77. The monoisotopic (exact) mass is 562 g/mol. The normalized spacial score (nSPS) is 15.6. The lowest BCUT2D eigenvalue weighted by Crippen LogP contribution is -2.28. The number of thioether (sulfide) groups is 1. The van der Waals surface area contributed by atoms with Crippen LogP contribution < -0.4 is 14.4 Å². The van der Waals surface area contributed by atoms with Gasteiger partial charge in [-0.25, -0.2) is 9.79 Å². The molecule has 1 aliphatic rings. The molecular weight excluding hydrogens is 547 g/mol. The van der Waals surface area contributed by atoms with E-state index in [-0.39, 0.29) is 22.4 Å². The Morgan fingerprint density at radius 1 is 1.06 bits per heavy atom. The summed E-state index contributed by atoms with van der Waals surface area (Å²) in [7, 11) is 1.41. The topological polar surface area (TPSA) is 88.4 Å². The van der Waals surface area contributed by atoms with Crippen molar-refractivity contribution in [1.82, 2.24) is 0 Å². The van der Waals surface area contributed by atoms with E-state index in [9.17, 15) is 9.59 Å². The molecule has 36 heavy (non-hydrogen) atoms. The smallest absolute Gasteiger partial charge is 0.341 e. The number of rotatable bonds is 7. The molecule has 4 rings (SSSR count). The van der Waals surface area contributed by atoms with Crippen molar-refractivity contribution in [3.63, 3.8) is 0 Å². The number of carboxylic acids is 1. The summed E-state index contributed by atoms with van der Waals surface area (Å²) in [6.07, 6.45) is 1.65. The predicted octanol–water partition coefficient (Wildman–Crippen LogP) is 6.93. The number of carbonyl (C=O) groups is 2. The second-order valence-electron chi connectivity index (χ2n) is 7.31. The lowest BCUT2D eigenvalue weighted by molar-refractivity contribution is -0.139. The predicted molar refractivity (Wildman–Crippen MR) is 144 cm³/mol. The summed E-state index contributed by atoms with van der Waals surface area (Å²) in [5.74, 6) is -1.11. The van der Waals surface area contributed by atoms with Crippen molar-refractivity contribution in [2.75, 3.05) is 18.6 Å². The Hall–Kier alpha value is -3.17. The standard InChI is InChI=1S/C25H17Cl3N2O5S/c1-34-20-11-14(10-19(28)23(20)35-13-22(31)32)12-21-24(33)30(18-8-4-16(27)5-9-18)25(36-21)29-17-6-2-15(26)3-7-17/h2-12H,13H2,1H3,(H,31,32)/b21-12-,29-25?. The van der Waals surface area contributed by atoms with Crippen LogP contribution in [0.4, 0.5) is 11.4 Å². The van der Waals surface area contributed by atoms with E-state index in [2.05, 4.69) is 4.99 Å². The zero-order valence-corrected chi connectivity index (χ0v) is 21.7. The summed E-state index contributed by atoms with van der Waals surface area (Å²) in [6.45, 7) is -0.578. The van der Waals surface area contributed by atoms with Gasteiger partial charge in [0.05, 0.1) is 28.4 Å². The number of amides is 1. The molecule has 0 bridgehead atoms. The van der Waals surface area contributed by atoms with Gasteiger partial charge < -0.3 is 14.6 Å². The third-order valence-electron chi connectivity index (χ3n) is 4.83. The number of amidine groups is 1. The van der Waals surface area contributed by atoms with Gasteiger partial charge in [-0.2, -0.15) is 0 Å². The molecule has 184 valence electrons. The highest BCUT2D eigenvalue weighted by Gasteiger charge is 2.35. The minimum Gasteiger partial charge on any atom is -0.493 e. The summed E-state index contributed by atoms with van der Waals surface area (Å²) >= 11 is 19.5. The number of anilines is 1. The van der Waals surface area contributed by atoms with Gasteiger partial charge in [0.1, 0.15) is 0 Å². The summed E-state index contributed by atoms with van der Waals surface area (Å²) in [5.41, 5.74) is 1.78. The molecule has 0 saturated carbocycles. The molecule has 1 N–H and O–H groups in total. The molecule has 1 heterocycles. The molecular formula is C25H17Cl3N2O5S. The SMILES string of the molecule is COc1cc(/C=C2\SC(=Nc3ccc(Cl)cc3)N(c3ccc(Cl)cc3)C2=O)cc(Cl)c1OCC(=O)O. The summed E-state index contributed by atoms with van der Waals surface area (Å²) in [4.78, 5) is 30.9. The molecule has 0 aliphatic carbocycles. The summed E-state index contributed by atoms with van der Waals surface area (Å²) in [5, 5.41) is 10.6. The number of hydrogen-bond acceptors (Lipinski definition) is 6. The summed E-state index contributed by atoms with van der Waals surface area (Å²) < 4.78 is 10.6. The van der Waals surface area contributed by atoms with Gasteiger partial charge in [-0.1, -0.05) is 34.8 Å². The van der Waals surface area contributed by atoms with Gasteiger partial charge >= 0.3 is 5.97 Å². The number of nitrogens with zero attached hydrogens (tertiary/aromatic N) is 2. The van der Waals surface area contributed by atoms with E-state index in [1.807, 2.05) is 0 Å². The minimum absolute atomic E-state index is 0.0990. The fourth-order valence-electron chi connectivity index (χ4n) is 3.24. The van der Waals surface area contributed by atoms with E-state index in [4.69, 9.17) is 49.4 Å². The van der Waals surface area contributed by atoms with Crippen molar-refractivity contribution >= 4 is 81.1 Å². The quantitative estimate of drug-likeness (QED) is 0.314. The molecule has 0 spiro atoms. The molecule has 1 amide bonds. The Morgan fingerprint density at radius 3 is 2.31 bits per heavy atom. The zero-order chi connectivity index (χ0) is 25.8. The maximum atomic E-state index is 13.5. The van der Waals surface area contributed by atoms with E-state index in [0.717, 1.165) is 0 Å². The third-order valence-corrected chi connectivity index (χ3v) is 6.59. The van der Waals surface area contributed by atoms with Gasteiger partial charge in [0.25, 0.3) is 5.91 Å². The van der Waals surface area contributed by atoms with Crippen molar-refractivity contribution < 1.29 is 24.2 Å². The number of aliphatic imine (C=N–C) groups is 1. The van der Waals surface area contributed by atoms with E-state index in [1.165, 1.54) is 23.8 Å². The lowest BCUT2D eigenvalue weighted by atomic mass is 10.1. The minimum atomic E-state index is -1.15. The summed E-state index contributed by atoms with van der Waals surface area (Å²) in [6, 6.07) is 16.9. The Balaban J connectivity index is 1.73. The maximum absolute atomic E-state index is 13.5. The van der Waals surface area contributed by atoms with Crippen molar-refractivity contribution in [3.8, 4) is 11.5 Å². The lowest BCUT2D eigenvalue weighted by Gasteiger charge is -2.15. The molecule has 3 aromatic carbocycles. The highest BCUT2D eigenvalue weighted by Crippen LogP contribution is 2.40. The molecule has 0 atom stereocenters. The van der Waals surface area contributed by atoms with Gasteiger partial charge in [-0.05, 0) is 84.1 Å². The van der Waals surface area contributed by atoms with Gasteiger partial charge in [0.15, 0.2) is 23.3 Å². The fraction of sp³-hybridized carbons (Fsp3) is 0.0800. The van der Waals surface area contributed by atoms with Gasteiger partial charge in [-0.15, -0.1) is 0 Å². The average molecular weight is 564 g/mol. The number of benzene rings is 3. The number of ether oxygens (including phenoxy) is 2. The average Bonchev–Trinajstić information content (AvgIpc) is 3.14. The first-order chi connectivity index (χ1) is 17.2. The van der Waals surface area contributed by atoms with Crippen LogP contribution in [-0.4, -0.2) is 35.9 Å². The molecule has 3 aromatic rings. The molecule has 11 heteroatoms. The van der Waals surface area contributed by atoms with Crippen molar-refractivity contribution in [2.24, 2.45) is 4.99 Å². The van der Waals surface area contributed by atoms with Crippen LogP contribution in [-0.2, 0) is 9.59 Å². The Kier molecular flexibility index (Phi) is 8.11. The number of halogens is 3. The molecule has 0 unspecified atom stereocenters. The van der Waals surface area contributed by atoms with Crippen LogP contribution in [0, 0.1) is 0 Å². The van der Waals surface area contributed by atoms with Gasteiger partial charge in [0, 0.05) is 10.0 Å². The van der Waals surface area contributed by atoms with Gasteiger partial charge in [-0.3, -0.25) is 9.69 Å². The molecule has 0 aromatic heterocycles. The zero-order valence-electron chi connectivity index (χ0n) is 18.6. The number of hydrogen-bond donors (Lipinski definition) is 1. The maximum Gasteiger partial charge on any atom is 0.341 e. The highest BCUT2D eigenvalue weighted by atomic mass is 35.5. The first-order valence-corrected chi connectivity index (χ1v) is 12.3. The molecule has 0 radical (unpaired) electrons. The van der Waals surface area contributed by atoms with Crippen molar-refractivity contribution in [2.45, 2.75) is 0 Å². The molecule has 1 saturated heterocycles. The van der Waals surface area contributed by atoms with E-state index >= 15 is 0 Å². The van der Waals surface area contributed by atoms with Crippen LogP contribution in [0.2, 0.25) is 15.1 Å². The Morgan fingerprint density at radius 2 is 1.69 bits per heavy atom. The van der Waals surface area contributed by atoms with E-state index < -0.39 is 12.6 Å². The largest absolute Gasteiger partial charge is 0.493 e. The van der Waals surface area contributed by atoms with Crippen molar-refractivity contribution in [1.29, 1.82) is 0 Å². The van der Waals surface area contributed by atoms with Crippen LogP contribution >= 0.6 is 46.6 Å². The van der Waals surface area contributed by atoms with Crippen molar-refractivity contribution in [3.05, 3.63) is 86.2 Å². The van der Waals surface area contributed by atoms with Gasteiger partial charge in [0.2, 0.25) is 0 Å². The van der Waals surface area contributed by atoms with Crippen LogP contribution in [0.3, 0.4) is 0 Å². The third kappa shape index (κ3) is 5.96. The number of methoxy groups -OCH3 is 1. The first kappa shape index (κ1) is 25.9. The number of aliphatic carboxylic acids is 1. The molecule has 1 aliphatic heterocycles. The van der Waals surface area contributed by atoms with Crippen LogP contribution in [0.5, 0.6) is 11.5 Å². The van der Waals surface area contributed by atoms with Crippen LogP contribution in [0.1, 0.15) is 5.56 Å². The second kappa shape index (κ2) is 11.3. The highest BCUT2D eigenvalue weighted by molar-refractivity contribution is 8.19. The van der Waals surface area contributed by atoms with E-state index in [1.54, 1.807) is 66.7 Å². The van der Waals surface area contributed by atoms with E-state index in [0.29, 0.717) is 37.1 Å². The first-order valence-electron chi connectivity index (χ1n) is 10.3. The number of carbonyl (C=O) groups excluding carboxylic acids is 1. The molecule has 1 fully saturated rings. The Labute approximate surface area is 225 Å². The molecule has 7 nitrogen and oxygen atoms in total. The Bertz CT molecular complexity index is 1380. The second-order valence-corrected chi connectivity index (χ2v) is 9.60. The number of carboxylic acid groups (broad SMARTS) is 1. The van der Waals surface area contributed by atoms with Crippen LogP contribution in [0.25, 0.3) is 6.08 Å². The van der Waals surface area contributed by atoms with Crippen LogP contribution in [0.15, 0.2) is 70.6 Å².